The second-order valence-corrected chi connectivity index (χ2v) is 11.4. The van der Waals surface area contributed by atoms with E-state index in [1.165, 1.54) is 0 Å². The quantitative estimate of drug-likeness (QED) is 0.571. The van der Waals surface area contributed by atoms with E-state index >= 15 is 0 Å². The van der Waals surface area contributed by atoms with Gasteiger partial charge in [-0.05, 0) is 97.7 Å². The third-order valence-electron chi connectivity index (χ3n) is 10.3. The minimum absolute atomic E-state index is 0.0957. The van der Waals surface area contributed by atoms with E-state index in [9.17, 15) is 20.1 Å². The van der Waals surface area contributed by atoms with E-state index < -0.39 is 12.1 Å². The van der Waals surface area contributed by atoms with Crippen LogP contribution in [0.3, 0.4) is 0 Å². The van der Waals surface area contributed by atoms with Crippen molar-refractivity contribution in [3.05, 3.63) is 0 Å². The summed E-state index contributed by atoms with van der Waals surface area (Å²) in [5.74, 6) is 0.997. The van der Waals surface area contributed by atoms with Gasteiger partial charge in [0, 0.05) is 6.42 Å². The van der Waals surface area contributed by atoms with E-state index in [0.29, 0.717) is 30.1 Å². The number of carboxylic acids is 1. The zero-order chi connectivity index (χ0) is 21.1. The molecule has 4 aliphatic carbocycles. The van der Waals surface area contributed by atoms with Crippen LogP contribution < -0.4 is 0 Å². The molecule has 0 saturated heterocycles. The van der Waals surface area contributed by atoms with Crippen molar-refractivity contribution in [2.45, 2.75) is 96.9 Å². The molecule has 0 aromatic rings. The third-order valence-corrected chi connectivity index (χ3v) is 10.3. The summed E-state index contributed by atoms with van der Waals surface area (Å²) in [7, 11) is 0. The van der Waals surface area contributed by atoms with E-state index in [4.69, 9.17) is 5.11 Å². The van der Waals surface area contributed by atoms with Gasteiger partial charge in [0.2, 0.25) is 0 Å². The van der Waals surface area contributed by atoms with E-state index in [2.05, 4.69) is 20.8 Å². The van der Waals surface area contributed by atoms with E-state index in [1.807, 2.05) is 0 Å². The first-order valence-corrected chi connectivity index (χ1v) is 11.8. The second kappa shape index (κ2) is 7.49. The van der Waals surface area contributed by atoms with Crippen LogP contribution in [0.1, 0.15) is 78.6 Å². The van der Waals surface area contributed by atoms with E-state index in [0.717, 1.165) is 44.9 Å². The van der Waals surface area contributed by atoms with Crippen LogP contribution in [0, 0.1) is 46.3 Å². The smallest absolute Gasteiger partial charge is 0.303 e. The maximum Gasteiger partial charge on any atom is 0.303 e. The van der Waals surface area contributed by atoms with Gasteiger partial charge in [-0.2, -0.15) is 0 Å². The Labute approximate surface area is 174 Å². The molecule has 0 aromatic heterocycles. The van der Waals surface area contributed by atoms with Gasteiger partial charge >= 0.3 is 5.97 Å². The lowest BCUT2D eigenvalue weighted by molar-refractivity contribution is -0.207. The van der Waals surface area contributed by atoms with Gasteiger partial charge in [0.25, 0.3) is 0 Å². The molecule has 5 heteroatoms. The average Bonchev–Trinajstić information content (AvgIpc) is 3.01. The molecular formula is C24H40O5. The number of carboxylic acid groups (broad SMARTS) is 1. The third kappa shape index (κ3) is 3.27. The van der Waals surface area contributed by atoms with Crippen molar-refractivity contribution < 1.29 is 25.2 Å². The highest BCUT2D eigenvalue weighted by molar-refractivity contribution is 5.66. The molecule has 11 atom stereocenters. The van der Waals surface area contributed by atoms with Gasteiger partial charge in [0.1, 0.15) is 0 Å². The molecule has 0 amide bonds. The number of hydrogen-bond donors (Lipinski definition) is 4. The van der Waals surface area contributed by atoms with Gasteiger partial charge < -0.3 is 20.4 Å². The number of aliphatic hydroxyl groups excluding tert-OH is 3. The Bertz CT molecular complexity index is 637. The molecule has 0 spiro atoms. The first-order valence-electron chi connectivity index (χ1n) is 11.8. The fourth-order valence-corrected chi connectivity index (χ4v) is 8.68. The molecule has 0 aliphatic heterocycles. The van der Waals surface area contributed by atoms with Crippen molar-refractivity contribution in [1.29, 1.82) is 0 Å². The molecule has 4 rings (SSSR count). The number of rotatable bonds is 4. The van der Waals surface area contributed by atoms with Crippen LogP contribution in [0.5, 0.6) is 0 Å². The summed E-state index contributed by atoms with van der Waals surface area (Å²) in [6, 6.07) is 0. The van der Waals surface area contributed by atoms with E-state index in [1.54, 1.807) is 0 Å². The Balaban J connectivity index is 1.61. The lowest BCUT2D eigenvalue weighted by atomic mass is 9.43. The minimum atomic E-state index is -0.748. The fraction of sp³-hybridized carbons (Fsp3) is 0.958. The van der Waals surface area contributed by atoms with Crippen LogP contribution in [0.15, 0.2) is 0 Å². The molecule has 0 aromatic carbocycles. The Morgan fingerprint density at radius 3 is 2.45 bits per heavy atom. The minimum Gasteiger partial charge on any atom is -0.481 e. The lowest BCUT2D eigenvalue weighted by Gasteiger charge is -2.63. The summed E-state index contributed by atoms with van der Waals surface area (Å²) in [6.07, 6.45) is 6.00. The maximum atomic E-state index is 11.5. The Morgan fingerprint density at radius 1 is 1.03 bits per heavy atom. The number of carbonyl (C=O) groups is 1. The SMILES string of the molecule is C[C@H](CCC(=O)O)[C@H]1CC[C@H]2C3C(O)C[C@H]4C[C@@H](O)CC[C@]4(C)C3C[C@H](O)[C@]12C. The average molecular weight is 409 g/mol. The molecule has 166 valence electrons. The molecule has 4 aliphatic rings. The summed E-state index contributed by atoms with van der Waals surface area (Å²) < 4.78 is 0. The summed E-state index contributed by atoms with van der Waals surface area (Å²) in [5.41, 5.74) is -0.143. The first-order chi connectivity index (χ1) is 13.6. The first kappa shape index (κ1) is 21.6. The van der Waals surface area contributed by atoms with Crippen LogP contribution in [-0.4, -0.2) is 44.7 Å². The second-order valence-electron chi connectivity index (χ2n) is 11.4. The van der Waals surface area contributed by atoms with Gasteiger partial charge in [-0.25, -0.2) is 0 Å². The van der Waals surface area contributed by atoms with Crippen molar-refractivity contribution in [2.75, 3.05) is 0 Å². The number of hydrogen-bond acceptors (Lipinski definition) is 4. The number of aliphatic hydroxyl groups is 3. The zero-order valence-electron chi connectivity index (χ0n) is 18.3. The van der Waals surface area contributed by atoms with Gasteiger partial charge in [-0.1, -0.05) is 20.8 Å². The number of aliphatic carboxylic acids is 1. The van der Waals surface area contributed by atoms with Gasteiger partial charge in [0.15, 0.2) is 0 Å². The highest BCUT2D eigenvalue weighted by Crippen LogP contribution is 2.68. The summed E-state index contributed by atoms with van der Waals surface area (Å²) in [6.45, 7) is 6.72. The molecule has 4 fully saturated rings. The van der Waals surface area contributed by atoms with Crippen LogP contribution >= 0.6 is 0 Å². The van der Waals surface area contributed by atoms with Crippen molar-refractivity contribution in [3.8, 4) is 0 Å². The van der Waals surface area contributed by atoms with Crippen LogP contribution in [0.4, 0.5) is 0 Å². The predicted molar refractivity (Wildman–Crippen MR) is 110 cm³/mol. The fourth-order valence-electron chi connectivity index (χ4n) is 8.68. The largest absolute Gasteiger partial charge is 0.481 e. The van der Waals surface area contributed by atoms with Crippen LogP contribution in [0.2, 0.25) is 0 Å². The standard InChI is InChI=1S/C24H40O5/c1-13(4-7-21(28)29)16-5-6-17-22-18(12-20(27)24(16,17)3)23(2)9-8-15(25)10-14(23)11-19(22)26/h13-20,22,25-27H,4-12H2,1-3H3,(H,28,29)/t13-,14-,15+,16-,17+,18?,19?,20+,22?,23+,24-/m1/s1. The molecule has 3 unspecified atom stereocenters. The Hall–Kier alpha value is -0.650. The van der Waals surface area contributed by atoms with Crippen LogP contribution in [-0.2, 0) is 4.79 Å². The molecule has 0 bridgehead atoms. The van der Waals surface area contributed by atoms with Crippen molar-refractivity contribution >= 4 is 5.97 Å². The molecule has 0 heterocycles. The molecule has 5 nitrogen and oxygen atoms in total. The normalized spacial score (nSPS) is 52.9. The van der Waals surface area contributed by atoms with Crippen molar-refractivity contribution in [2.24, 2.45) is 46.3 Å². The zero-order valence-corrected chi connectivity index (χ0v) is 18.3. The Kier molecular flexibility index (Phi) is 5.57. The monoisotopic (exact) mass is 408 g/mol. The molecular weight excluding hydrogens is 368 g/mol. The van der Waals surface area contributed by atoms with Gasteiger partial charge in [0.05, 0.1) is 18.3 Å². The predicted octanol–water partition coefficient (Wildman–Crippen LogP) is 3.45. The highest BCUT2D eigenvalue weighted by Gasteiger charge is 2.65. The maximum absolute atomic E-state index is 11.5. The molecule has 4 saturated carbocycles. The topological polar surface area (TPSA) is 98.0 Å². The van der Waals surface area contributed by atoms with Crippen molar-refractivity contribution in [1.82, 2.24) is 0 Å². The van der Waals surface area contributed by atoms with Crippen LogP contribution in [0.25, 0.3) is 0 Å². The summed E-state index contributed by atoms with van der Waals surface area (Å²) in [4.78, 5) is 11.1. The van der Waals surface area contributed by atoms with Gasteiger partial charge in [-0.3, -0.25) is 4.79 Å². The highest BCUT2D eigenvalue weighted by atomic mass is 16.4. The molecule has 29 heavy (non-hydrogen) atoms. The Morgan fingerprint density at radius 2 is 1.76 bits per heavy atom. The number of fused-ring (bicyclic) bond motifs is 5. The summed E-state index contributed by atoms with van der Waals surface area (Å²) >= 11 is 0. The van der Waals surface area contributed by atoms with Crippen molar-refractivity contribution in [3.63, 3.8) is 0 Å². The van der Waals surface area contributed by atoms with Gasteiger partial charge in [-0.15, -0.1) is 0 Å². The molecule has 4 N–H and O–H groups in total. The molecule has 0 radical (unpaired) electrons. The lowest BCUT2D eigenvalue weighted by Crippen LogP contribution is -2.62. The summed E-state index contributed by atoms with van der Waals surface area (Å²) in [5, 5.41) is 42.0. The van der Waals surface area contributed by atoms with E-state index in [-0.39, 0.29) is 41.3 Å².